The van der Waals surface area contributed by atoms with E-state index in [1.54, 1.807) is 25.5 Å². The molecule has 0 bridgehead atoms. The first-order valence-electron chi connectivity index (χ1n) is 8.04. The first-order chi connectivity index (χ1) is 12.1. The standard InChI is InChI=1S/C17H18ClN5O2/c1-22-14-2-5-20-10-13(14)16(12(9-19)17(22)25)23-6-3-11(4-7-23)21-15(24)8-18/h2,5,10-11H,3-4,6-8H2,1H3,(H,21,24). The van der Waals surface area contributed by atoms with E-state index in [4.69, 9.17) is 11.6 Å². The average molecular weight is 360 g/mol. The van der Waals surface area contributed by atoms with Gasteiger partial charge in [0.25, 0.3) is 5.56 Å². The van der Waals surface area contributed by atoms with Gasteiger partial charge in [-0.15, -0.1) is 11.6 Å². The van der Waals surface area contributed by atoms with Crippen LogP contribution >= 0.6 is 11.6 Å². The van der Waals surface area contributed by atoms with Crippen LogP contribution in [0.2, 0.25) is 0 Å². The Kier molecular flexibility index (Phi) is 4.91. The Hall–Kier alpha value is -2.59. The predicted molar refractivity (Wildman–Crippen MR) is 95.8 cm³/mol. The predicted octanol–water partition coefficient (Wildman–Crippen LogP) is 1.13. The minimum absolute atomic E-state index is 0.0518. The van der Waals surface area contributed by atoms with E-state index >= 15 is 0 Å². The molecule has 1 saturated heterocycles. The number of anilines is 1. The lowest BCUT2D eigenvalue weighted by atomic mass is 10.0. The van der Waals surface area contributed by atoms with Crippen LogP contribution in [-0.4, -0.2) is 40.5 Å². The Morgan fingerprint density at radius 1 is 1.48 bits per heavy atom. The molecule has 0 spiro atoms. The first-order valence-corrected chi connectivity index (χ1v) is 8.57. The molecule has 0 atom stereocenters. The number of aryl methyl sites for hydroxylation is 1. The van der Waals surface area contributed by atoms with E-state index in [1.807, 2.05) is 4.90 Å². The van der Waals surface area contributed by atoms with Crippen molar-refractivity contribution in [3.05, 3.63) is 34.4 Å². The van der Waals surface area contributed by atoms with Crippen molar-refractivity contribution in [1.82, 2.24) is 14.9 Å². The number of nitrogens with zero attached hydrogens (tertiary/aromatic N) is 4. The van der Waals surface area contributed by atoms with Crippen LogP contribution in [0.15, 0.2) is 23.3 Å². The summed E-state index contributed by atoms with van der Waals surface area (Å²) in [7, 11) is 1.66. The van der Waals surface area contributed by atoms with Crippen LogP contribution in [0.4, 0.5) is 5.69 Å². The number of carbonyl (C=O) groups is 1. The highest BCUT2D eigenvalue weighted by molar-refractivity contribution is 6.27. The van der Waals surface area contributed by atoms with E-state index in [-0.39, 0.29) is 29.0 Å². The molecule has 25 heavy (non-hydrogen) atoms. The summed E-state index contributed by atoms with van der Waals surface area (Å²) >= 11 is 5.53. The van der Waals surface area contributed by atoms with Crippen LogP contribution < -0.4 is 15.8 Å². The molecule has 1 aliphatic rings. The molecule has 8 heteroatoms. The largest absolute Gasteiger partial charge is 0.370 e. The molecule has 3 rings (SSSR count). The second-order valence-corrected chi connectivity index (χ2v) is 6.32. The summed E-state index contributed by atoms with van der Waals surface area (Å²) in [5.74, 6) is -0.231. The number of fused-ring (bicyclic) bond motifs is 1. The number of halogens is 1. The van der Waals surface area contributed by atoms with Crippen molar-refractivity contribution >= 4 is 34.1 Å². The molecule has 1 amide bonds. The van der Waals surface area contributed by atoms with Crippen molar-refractivity contribution in [3.63, 3.8) is 0 Å². The van der Waals surface area contributed by atoms with Gasteiger partial charge in [0.2, 0.25) is 5.91 Å². The molecule has 0 aromatic carbocycles. The molecular weight excluding hydrogens is 342 g/mol. The number of piperidine rings is 1. The monoisotopic (exact) mass is 359 g/mol. The molecule has 2 aromatic heterocycles. The van der Waals surface area contributed by atoms with Gasteiger partial charge in [-0.1, -0.05) is 0 Å². The number of rotatable bonds is 3. The third kappa shape index (κ3) is 3.17. The number of pyridine rings is 2. The fraction of sp³-hybridized carbons (Fsp3) is 0.412. The number of alkyl halides is 1. The summed E-state index contributed by atoms with van der Waals surface area (Å²) in [6.07, 6.45) is 4.77. The van der Waals surface area contributed by atoms with Gasteiger partial charge in [0, 0.05) is 44.0 Å². The van der Waals surface area contributed by atoms with Crippen molar-refractivity contribution in [2.45, 2.75) is 18.9 Å². The SMILES string of the molecule is Cn1c(=O)c(C#N)c(N2CCC(NC(=O)CCl)CC2)c2cnccc21. The van der Waals surface area contributed by atoms with E-state index in [0.29, 0.717) is 18.8 Å². The van der Waals surface area contributed by atoms with Crippen LogP contribution in [0.25, 0.3) is 10.9 Å². The van der Waals surface area contributed by atoms with Gasteiger partial charge in [-0.05, 0) is 18.9 Å². The molecule has 7 nitrogen and oxygen atoms in total. The Bertz CT molecular complexity index is 910. The van der Waals surface area contributed by atoms with Crippen LogP contribution in [-0.2, 0) is 11.8 Å². The van der Waals surface area contributed by atoms with Crippen molar-refractivity contribution in [3.8, 4) is 6.07 Å². The van der Waals surface area contributed by atoms with Crippen LogP contribution in [0.1, 0.15) is 18.4 Å². The highest BCUT2D eigenvalue weighted by Crippen LogP contribution is 2.30. The lowest BCUT2D eigenvalue weighted by Gasteiger charge is -2.35. The summed E-state index contributed by atoms with van der Waals surface area (Å²) in [6, 6.07) is 3.89. The fourth-order valence-electron chi connectivity index (χ4n) is 3.32. The zero-order valence-corrected chi connectivity index (χ0v) is 14.6. The number of hydrogen-bond acceptors (Lipinski definition) is 5. The number of hydrogen-bond donors (Lipinski definition) is 1. The van der Waals surface area contributed by atoms with Crippen molar-refractivity contribution < 1.29 is 4.79 Å². The van der Waals surface area contributed by atoms with E-state index in [0.717, 1.165) is 23.7 Å². The molecule has 0 radical (unpaired) electrons. The van der Waals surface area contributed by atoms with E-state index in [9.17, 15) is 14.9 Å². The molecular formula is C17H18ClN5O2. The van der Waals surface area contributed by atoms with Gasteiger partial charge in [-0.25, -0.2) is 0 Å². The van der Waals surface area contributed by atoms with E-state index in [2.05, 4.69) is 16.4 Å². The number of nitrogens with one attached hydrogen (secondary N) is 1. The van der Waals surface area contributed by atoms with Gasteiger partial charge in [0.15, 0.2) is 0 Å². The molecule has 130 valence electrons. The van der Waals surface area contributed by atoms with Crippen LogP contribution in [0.5, 0.6) is 0 Å². The smallest absolute Gasteiger partial charge is 0.270 e. The quantitative estimate of drug-likeness (QED) is 0.829. The second-order valence-electron chi connectivity index (χ2n) is 6.05. The van der Waals surface area contributed by atoms with Crippen LogP contribution in [0.3, 0.4) is 0 Å². The van der Waals surface area contributed by atoms with Crippen LogP contribution in [0, 0.1) is 11.3 Å². The third-order valence-corrected chi connectivity index (χ3v) is 4.82. The Morgan fingerprint density at radius 3 is 2.84 bits per heavy atom. The number of nitriles is 1. The lowest BCUT2D eigenvalue weighted by Crippen LogP contribution is -2.45. The van der Waals surface area contributed by atoms with Gasteiger partial charge in [-0.3, -0.25) is 14.6 Å². The number of aromatic nitrogens is 2. The normalized spacial score (nSPS) is 15.2. The Morgan fingerprint density at radius 2 is 2.20 bits per heavy atom. The first kappa shape index (κ1) is 17.2. The molecule has 0 aliphatic carbocycles. The minimum atomic E-state index is -0.311. The van der Waals surface area contributed by atoms with Crippen molar-refractivity contribution in [2.75, 3.05) is 23.9 Å². The van der Waals surface area contributed by atoms with Crippen molar-refractivity contribution in [1.29, 1.82) is 5.26 Å². The zero-order valence-electron chi connectivity index (χ0n) is 13.8. The lowest BCUT2D eigenvalue weighted by molar-refractivity contribution is -0.119. The summed E-state index contributed by atoms with van der Waals surface area (Å²) in [6.45, 7) is 1.28. The molecule has 1 aliphatic heterocycles. The average Bonchev–Trinajstić information content (AvgIpc) is 2.65. The second kappa shape index (κ2) is 7.11. The van der Waals surface area contributed by atoms with Gasteiger partial charge >= 0.3 is 0 Å². The highest BCUT2D eigenvalue weighted by Gasteiger charge is 2.25. The highest BCUT2D eigenvalue weighted by atomic mass is 35.5. The van der Waals surface area contributed by atoms with Gasteiger partial charge in [0.1, 0.15) is 17.5 Å². The molecule has 1 N–H and O–H groups in total. The third-order valence-electron chi connectivity index (χ3n) is 4.58. The van der Waals surface area contributed by atoms with E-state index < -0.39 is 0 Å². The van der Waals surface area contributed by atoms with Gasteiger partial charge in [-0.2, -0.15) is 5.26 Å². The fourth-order valence-corrected chi connectivity index (χ4v) is 3.40. The maximum atomic E-state index is 12.5. The molecule has 0 unspecified atom stereocenters. The topological polar surface area (TPSA) is 91.0 Å². The summed E-state index contributed by atoms with van der Waals surface area (Å²) in [5, 5.41) is 13.2. The number of carbonyl (C=O) groups excluding carboxylic acids is 1. The number of amides is 1. The zero-order chi connectivity index (χ0) is 18.0. The maximum Gasteiger partial charge on any atom is 0.270 e. The summed E-state index contributed by atoms with van der Waals surface area (Å²) in [5.41, 5.74) is 1.20. The minimum Gasteiger partial charge on any atom is -0.370 e. The maximum absolute atomic E-state index is 12.5. The van der Waals surface area contributed by atoms with Gasteiger partial charge < -0.3 is 14.8 Å². The Labute approximate surface area is 149 Å². The van der Waals surface area contributed by atoms with E-state index in [1.165, 1.54) is 4.57 Å². The molecule has 1 fully saturated rings. The van der Waals surface area contributed by atoms with Gasteiger partial charge in [0.05, 0.1) is 11.2 Å². The molecule has 0 saturated carbocycles. The summed E-state index contributed by atoms with van der Waals surface area (Å²) < 4.78 is 1.48. The summed E-state index contributed by atoms with van der Waals surface area (Å²) in [4.78, 5) is 30.2. The molecule has 2 aromatic rings. The van der Waals surface area contributed by atoms with Crippen molar-refractivity contribution in [2.24, 2.45) is 7.05 Å². The molecule has 3 heterocycles. The Balaban J connectivity index is 1.97.